The Morgan fingerprint density at radius 1 is 1.02 bits per heavy atom. The van der Waals surface area contributed by atoms with Crippen LogP contribution in [-0.2, 0) is 13.2 Å². The number of aldehydes is 1. The number of ether oxygens (including phenoxy) is 3. The van der Waals surface area contributed by atoms with Crippen LogP contribution in [0.1, 0.15) is 45.5 Å². The standard InChI is InChI=1S/C35H33Cl2N3O5/c1-23-26(22-45-34-15-33(27(20-41)14-31(34)36)44-21-25-13-24(16-38)17-39-18-25)5-2-6-29(23)30-7-3-8-32(35(30)37)43-12-4-10-40-11-9-28(42)19-40/h2-3,5-8,13-15,17-18,20,28,42H,4,9-12,19,21-22H2,1H3. The summed E-state index contributed by atoms with van der Waals surface area (Å²) in [5, 5.41) is 19.7. The van der Waals surface area contributed by atoms with Crippen LogP contribution in [0, 0.1) is 18.3 Å². The Labute approximate surface area is 272 Å². The lowest BCUT2D eigenvalue weighted by Gasteiger charge is -2.17. The van der Waals surface area contributed by atoms with E-state index in [0.717, 1.165) is 54.7 Å². The molecule has 1 aliphatic rings. The van der Waals surface area contributed by atoms with Crippen molar-refractivity contribution in [3.63, 3.8) is 0 Å². The molecule has 8 nitrogen and oxygen atoms in total. The second kappa shape index (κ2) is 15.2. The molecular formula is C35H33Cl2N3O5. The third-order valence-electron chi connectivity index (χ3n) is 7.72. The first kappa shape index (κ1) is 32.3. The van der Waals surface area contributed by atoms with Gasteiger partial charge in [0.1, 0.15) is 36.5 Å². The summed E-state index contributed by atoms with van der Waals surface area (Å²) in [7, 11) is 0. The van der Waals surface area contributed by atoms with Gasteiger partial charge in [0.25, 0.3) is 0 Å². The number of carbonyl (C=O) groups excluding carboxylic acids is 1. The van der Waals surface area contributed by atoms with Gasteiger partial charge in [-0.1, -0.05) is 53.5 Å². The Morgan fingerprint density at radius 2 is 1.82 bits per heavy atom. The Bertz CT molecular complexity index is 1710. The summed E-state index contributed by atoms with van der Waals surface area (Å²) in [4.78, 5) is 18.0. The van der Waals surface area contributed by atoms with Crippen LogP contribution >= 0.6 is 23.2 Å². The van der Waals surface area contributed by atoms with Gasteiger partial charge in [-0.15, -0.1) is 0 Å². The lowest BCUT2D eigenvalue weighted by molar-refractivity contribution is 0.111. The smallest absolute Gasteiger partial charge is 0.153 e. The average Bonchev–Trinajstić information content (AvgIpc) is 3.47. The summed E-state index contributed by atoms with van der Waals surface area (Å²) in [6, 6.07) is 18.5. The molecule has 1 saturated heterocycles. The number of carbonyl (C=O) groups is 1. The monoisotopic (exact) mass is 645 g/mol. The van der Waals surface area contributed by atoms with E-state index in [1.807, 2.05) is 49.4 Å². The van der Waals surface area contributed by atoms with Crippen LogP contribution in [0.3, 0.4) is 0 Å². The predicted molar refractivity (Wildman–Crippen MR) is 173 cm³/mol. The molecular weight excluding hydrogens is 613 g/mol. The summed E-state index contributed by atoms with van der Waals surface area (Å²) in [6.45, 7) is 5.37. The molecule has 0 aliphatic carbocycles. The Kier molecular flexibility index (Phi) is 10.9. The number of nitrogens with zero attached hydrogens (tertiary/aromatic N) is 3. The number of aliphatic hydroxyl groups excluding tert-OH is 1. The summed E-state index contributed by atoms with van der Waals surface area (Å²) >= 11 is 13.3. The minimum atomic E-state index is -0.226. The van der Waals surface area contributed by atoms with E-state index >= 15 is 0 Å². The van der Waals surface area contributed by atoms with Crippen molar-refractivity contribution in [2.24, 2.45) is 0 Å². The number of likely N-dealkylation sites (tertiary alicyclic amines) is 1. The van der Waals surface area contributed by atoms with E-state index in [1.165, 1.54) is 12.3 Å². The first-order chi connectivity index (χ1) is 21.9. The molecule has 0 bridgehead atoms. The first-order valence-electron chi connectivity index (χ1n) is 14.6. The third-order valence-corrected chi connectivity index (χ3v) is 8.40. The van der Waals surface area contributed by atoms with E-state index in [2.05, 4.69) is 9.88 Å². The summed E-state index contributed by atoms with van der Waals surface area (Å²) in [6.07, 6.45) is 5.18. The molecule has 10 heteroatoms. The van der Waals surface area contributed by atoms with Crippen molar-refractivity contribution in [1.82, 2.24) is 9.88 Å². The van der Waals surface area contributed by atoms with E-state index in [-0.39, 0.29) is 29.9 Å². The van der Waals surface area contributed by atoms with Crippen LogP contribution in [0.4, 0.5) is 0 Å². The molecule has 232 valence electrons. The summed E-state index contributed by atoms with van der Waals surface area (Å²) in [5.74, 6) is 1.29. The maximum Gasteiger partial charge on any atom is 0.153 e. The highest BCUT2D eigenvalue weighted by atomic mass is 35.5. The van der Waals surface area contributed by atoms with Gasteiger partial charge in [0, 0.05) is 49.2 Å². The van der Waals surface area contributed by atoms with Crippen LogP contribution in [0.15, 0.2) is 67.0 Å². The highest BCUT2D eigenvalue weighted by molar-refractivity contribution is 6.35. The fourth-order valence-corrected chi connectivity index (χ4v) is 5.78. The molecule has 0 amide bonds. The van der Waals surface area contributed by atoms with E-state index in [4.69, 9.17) is 42.7 Å². The quantitative estimate of drug-likeness (QED) is 0.122. The van der Waals surface area contributed by atoms with Gasteiger partial charge >= 0.3 is 0 Å². The van der Waals surface area contributed by atoms with Gasteiger partial charge < -0.3 is 24.2 Å². The van der Waals surface area contributed by atoms with Gasteiger partial charge in [-0.3, -0.25) is 9.78 Å². The van der Waals surface area contributed by atoms with E-state index < -0.39 is 0 Å². The van der Waals surface area contributed by atoms with Crippen molar-refractivity contribution < 1.29 is 24.1 Å². The van der Waals surface area contributed by atoms with Crippen LogP contribution in [0.2, 0.25) is 10.0 Å². The average molecular weight is 647 g/mol. The van der Waals surface area contributed by atoms with Gasteiger partial charge in [-0.25, -0.2) is 0 Å². The van der Waals surface area contributed by atoms with E-state index in [1.54, 1.807) is 18.3 Å². The van der Waals surface area contributed by atoms with Gasteiger partial charge in [0.2, 0.25) is 0 Å². The number of halogens is 2. The van der Waals surface area contributed by atoms with Gasteiger partial charge in [0.15, 0.2) is 6.29 Å². The topological polar surface area (TPSA) is 105 Å². The normalized spacial score (nSPS) is 14.6. The number of pyridine rings is 1. The molecule has 1 aliphatic heterocycles. The number of nitriles is 1. The second-order valence-corrected chi connectivity index (χ2v) is 11.6. The van der Waals surface area contributed by atoms with Crippen molar-refractivity contribution in [3.05, 3.63) is 105 Å². The van der Waals surface area contributed by atoms with Crippen LogP contribution < -0.4 is 14.2 Å². The van der Waals surface area contributed by atoms with E-state index in [9.17, 15) is 9.90 Å². The number of benzene rings is 3. The number of hydrogen-bond donors (Lipinski definition) is 1. The van der Waals surface area contributed by atoms with Crippen molar-refractivity contribution in [2.45, 2.75) is 39.1 Å². The second-order valence-electron chi connectivity index (χ2n) is 10.9. The number of aromatic nitrogens is 1. The van der Waals surface area contributed by atoms with Gasteiger partial charge in [-0.2, -0.15) is 5.26 Å². The zero-order valence-corrected chi connectivity index (χ0v) is 26.4. The molecule has 1 aromatic heterocycles. The van der Waals surface area contributed by atoms with Crippen molar-refractivity contribution in [1.29, 1.82) is 5.26 Å². The molecule has 4 aromatic rings. The number of hydrogen-bond acceptors (Lipinski definition) is 8. The van der Waals surface area contributed by atoms with Gasteiger partial charge in [-0.05, 0) is 54.7 Å². The molecule has 1 unspecified atom stereocenters. The molecule has 45 heavy (non-hydrogen) atoms. The highest BCUT2D eigenvalue weighted by Crippen LogP contribution is 2.38. The Morgan fingerprint density at radius 3 is 2.60 bits per heavy atom. The Balaban J connectivity index is 1.26. The minimum absolute atomic E-state index is 0.109. The van der Waals surface area contributed by atoms with Crippen LogP contribution in [0.5, 0.6) is 17.2 Å². The van der Waals surface area contributed by atoms with Crippen LogP contribution in [0.25, 0.3) is 11.1 Å². The molecule has 2 heterocycles. The zero-order valence-electron chi connectivity index (χ0n) is 24.8. The van der Waals surface area contributed by atoms with Crippen LogP contribution in [-0.4, -0.2) is 53.6 Å². The third kappa shape index (κ3) is 8.13. The largest absolute Gasteiger partial charge is 0.492 e. The molecule has 1 N–H and O–H groups in total. The number of β-amino-alcohol motifs (C(OH)–C–C–N with tert-alkyl or cyclic N) is 1. The van der Waals surface area contributed by atoms with E-state index in [0.29, 0.717) is 46.3 Å². The fourth-order valence-electron chi connectivity index (χ4n) is 5.27. The molecule has 1 atom stereocenters. The predicted octanol–water partition coefficient (Wildman–Crippen LogP) is 7.04. The zero-order chi connectivity index (χ0) is 31.8. The van der Waals surface area contributed by atoms with Gasteiger partial charge in [0.05, 0.1) is 33.9 Å². The maximum atomic E-state index is 11.7. The Hall–Kier alpha value is -4.13. The molecule has 0 spiro atoms. The number of aliphatic hydroxyl groups is 1. The first-order valence-corrected chi connectivity index (χ1v) is 15.4. The summed E-state index contributed by atoms with van der Waals surface area (Å²) in [5.41, 5.74) is 5.12. The fraction of sp³-hybridized carbons (Fsp3) is 0.286. The van der Waals surface area contributed by atoms with Crippen molar-refractivity contribution in [2.75, 3.05) is 26.2 Å². The van der Waals surface area contributed by atoms with Crippen molar-refractivity contribution >= 4 is 29.5 Å². The molecule has 0 saturated carbocycles. The highest BCUT2D eigenvalue weighted by Gasteiger charge is 2.20. The lowest BCUT2D eigenvalue weighted by Crippen LogP contribution is -2.24. The molecule has 0 radical (unpaired) electrons. The molecule has 1 fully saturated rings. The molecule has 5 rings (SSSR count). The molecule has 3 aromatic carbocycles. The summed E-state index contributed by atoms with van der Waals surface area (Å²) < 4.78 is 18.1. The lowest BCUT2D eigenvalue weighted by atomic mass is 9.96. The number of rotatable bonds is 13. The minimum Gasteiger partial charge on any atom is -0.492 e. The van der Waals surface area contributed by atoms with Crippen molar-refractivity contribution in [3.8, 4) is 34.4 Å². The maximum absolute atomic E-state index is 11.7. The SMILES string of the molecule is Cc1c(COc2cc(OCc3cncc(C#N)c3)c(C=O)cc2Cl)cccc1-c1cccc(OCCCN2CCC(O)C2)c1Cl.